The second-order valence-corrected chi connectivity index (χ2v) is 2.36. The molecule has 0 saturated carbocycles. The first-order valence-corrected chi connectivity index (χ1v) is 3.33. The van der Waals surface area contributed by atoms with Crippen LogP contribution in [0.2, 0.25) is 0 Å². The van der Waals surface area contributed by atoms with Crippen molar-refractivity contribution in [1.29, 1.82) is 0 Å². The Morgan fingerprint density at radius 3 is 1.86 bits per heavy atom. The molecule has 8 heteroatoms. The van der Waals surface area contributed by atoms with Crippen LogP contribution >= 0.6 is 0 Å². The van der Waals surface area contributed by atoms with Crippen molar-refractivity contribution in [2.45, 2.75) is 24.4 Å². The largest absolute Gasteiger partial charge is 2.00 e. The smallest absolute Gasteiger partial charge is 1.00 e. The van der Waals surface area contributed by atoms with E-state index in [1.807, 2.05) is 0 Å². The van der Waals surface area contributed by atoms with Crippen molar-refractivity contribution in [1.82, 2.24) is 0 Å². The van der Waals surface area contributed by atoms with E-state index in [1.54, 1.807) is 0 Å². The molecule has 0 amide bonds. The van der Waals surface area contributed by atoms with E-state index < -0.39 is 31.0 Å². The van der Waals surface area contributed by atoms with Crippen molar-refractivity contribution < 1.29 is 66.8 Å². The van der Waals surface area contributed by atoms with E-state index in [0.717, 1.165) is 0 Å². The summed E-state index contributed by atoms with van der Waals surface area (Å²) in [6.45, 7) is -0.760. The van der Waals surface area contributed by atoms with Gasteiger partial charge in [-0.25, -0.2) is 0 Å². The maximum atomic E-state index is 9.90. The minimum atomic E-state index is -1.79. The average Bonchev–Trinajstić information content (AvgIpc) is 2.12. The first-order chi connectivity index (χ1) is 5.54. The number of hydrogen-bond acceptors (Lipinski definition) is 6. The molecule has 0 aliphatic heterocycles. The van der Waals surface area contributed by atoms with Crippen LogP contribution in [-0.4, -0.2) is 62.8 Å². The number of aliphatic hydroxyl groups is 5. The number of carbonyl (C=O) groups excluding carboxylic acids is 1. The molecule has 14 heavy (non-hydrogen) atoms. The quantitative estimate of drug-likeness (QED) is 0.230. The standard InChI is InChI=1S/C6H12O6.Na.O/c7-1-3(9)5(11)6(12)4(10)2-8;;/h1,3-6,8-12H,2H2;;/q;+1;-2/p+1/t3-,4+,5+,6+;;/m0../s1/i/hD. The van der Waals surface area contributed by atoms with Crippen LogP contribution in [0, 0.1) is 0 Å². The van der Waals surface area contributed by atoms with Crippen molar-refractivity contribution in [2.24, 2.45) is 0 Å². The molecule has 0 radical (unpaired) electrons. The minimum Gasteiger partial charge on any atom is -2.00 e. The summed E-state index contributed by atoms with van der Waals surface area (Å²) in [6, 6.07) is 0. The molecular formula is C6H13NaO7. The van der Waals surface area contributed by atoms with Gasteiger partial charge in [-0.15, -0.1) is 0 Å². The Kier molecular flexibility index (Phi) is 14.2. The fourth-order valence-corrected chi connectivity index (χ4v) is 0.618. The van der Waals surface area contributed by atoms with E-state index in [1.165, 1.54) is 0 Å². The molecule has 0 aromatic rings. The van der Waals surface area contributed by atoms with E-state index in [2.05, 4.69) is 0 Å². The SMILES string of the molecule is O=C[C@H](O)[C@@H](O)[C@H](O)[C@H](O)CO.[2H+].[Na+].[O-2]. The maximum Gasteiger partial charge on any atom is 1.00 e. The predicted molar refractivity (Wildman–Crippen MR) is 39.0 cm³/mol. The molecule has 80 valence electrons. The van der Waals surface area contributed by atoms with E-state index in [0.29, 0.717) is 0 Å². The van der Waals surface area contributed by atoms with Crippen molar-refractivity contribution in [3.05, 3.63) is 0 Å². The van der Waals surface area contributed by atoms with Gasteiger partial charge in [0.25, 0.3) is 0 Å². The van der Waals surface area contributed by atoms with Crippen LogP contribution in [0.15, 0.2) is 0 Å². The molecule has 0 spiro atoms. The predicted octanol–water partition coefficient (Wildman–Crippen LogP) is -6.38. The number of aldehydes is 1. The topological polar surface area (TPSA) is 147 Å². The van der Waals surface area contributed by atoms with Gasteiger partial charge in [-0.05, 0) is 0 Å². The summed E-state index contributed by atoms with van der Waals surface area (Å²) in [7, 11) is 0. The molecular weight excluding hydrogens is 207 g/mol. The second-order valence-electron chi connectivity index (χ2n) is 2.36. The molecule has 0 aromatic carbocycles. The van der Waals surface area contributed by atoms with Crippen molar-refractivity contribution in [3.8, 4) is 0 Å². The Hall–Kier alpha value is 0.430. The third kappa shape index (κ3) is 6.02. The first-order valence-electron chi connectivity index (χ1n) is 3.33. The van der Waals surface area contributed by atoms with Gasteiger partial charge >= 0.3 is 31.0 Å². The summed E-state index contributed by atoms with van der Waals surface area (Å²) in [5, 5.41) is 43.5. The van der Waals surface area contributed by atoms with Crippen LogP contribution in [0.5, 0.6) is 0 Å². The minimum absolute atomic E-state index is 0. The number of aliphatic hydroxyl groups excluding tert-OH is 5. The maximum absolute atomic E-state index is 9.90. The normalized spacial score (nSPS) is 18.1. The number of hydrogen-bond donors (Lipinski definition) is 5. The monoisotopic (exact) mass is 221 g/mol. The molecule has 0 heterocycles. The van der Waals surface area contributed by atoms with Crippen LogP contribution in [-0.2, 0) is 10.3 Å². The zero-order chi connectivity index (χ0) is 9.72. The Morgan fingerprint density at radius 1 is 1.14 bits per heavy atom. The summed E-state index contributed by atoms with van der Waals surface area (Å²) in [4.78, 5) is 9.90. The molecule has 0 aromatic heterocycles. The molecule has 0 fully saturated rings. The summed E-state index contributed by atoms with van der Waals surface area (Å²) in [6.07, 6.45) is -6.84. The molecule has 0 unspecified atom stereocenters. The zero-order valence-corrected chi connectivity index (χ0v) is 9.65. The Bertz CT molecular complexity index is 149. The molecule has 0 rings (SSSR count). The van der Waals surface area contributed by atoms with Crippen LogP contribution in [0.25, 0.3) is 0 Å². The first kappa shape index (κ1) is 19.9. The number of rotatable bonds is 5. The summed E-state index contributed by atoms with van der Waals surface area (Å²) >= 11 is 0. The molecule has 0 bridgehead atoms. The van der Waals surface area contributed by atoms with Gasteiger partial charge in [0, 0.05) is 0 Å². The molecule has 5 N–H and O–H groups in total. The fourth-order valence-electron chi connectivity index (χ4n) is 0.618. The summed E-state index contributed by atoms with van der Waals surface area (Å²) in [5.41, 5.74) is 0. The van der Waals surface area contributed by atoms with Gasteiger partial charge in [-0.2, -0.15) is 0 Å². The van der Waals surface area contributed by atoms with E-state index in [-0.39, 0.29) is 42.7 Å². The Morgan fingerprint density at radius 2 is 1.57 bits per heavy atom. The molecule has 0 saturated heterocycles. The van der Waals surface area contributed by atoms with Crippen molar-refractivity contribution in [2.75, 3.05) is 6.61 Å². The van der Waals surface area contributed by atoms with Gasteiger partial charge < -0.3 is 35.8 Å². The Balaban J connectivity index is -0.000000202. The molecule has 4 atom stereocenters. The second kappa shape index (κ2) is 9.97. The average molecular weight is 221 g/mol. The van der Waals surface area contributed by atoms with Gasteiger partial charge in [0.2, 0.25) is 0 Å². The van der Waals surface area contributed by atoms with Gasteiger partial charge in [0.15, 0.2) is 6.29 Å². The Labute approximate surface area is 104 Å². The van der Waals surface area contributed by atoms with Crippen LogP contribution < -0.4 is 29.6 Å². The van der Waals surface area contributed by atoms with E-state index in [4.69, 9.17) is 25.5 Å². The van der Waals surface area contributed by atoms with Gasteiger partial charge in [0.05, 0.1) is 6.61 Å². The van der Waals surface area contributed by atoms with Crippen molar-refractivity contribution in [3.63, 3.8) is 0 Å². The number of carbonyl (C=O) groups is 1. The van der Waals surface area contributed by atoms with Crippen LogP contribution in [0.1, 0.15) is 1.43 Å². The van der Waals surface area contributed by atoms with Gasteiger partial charge in [0.1, 0.15) is 24.4 Å². The molecule has 0 aliphatic carbocycles. The van der Waals surface area contributed by atoms with Gasteiger partial charge in [-0.3, -0.25) is 0 Å². The van der Waals surface area contributed by atoms with Gasteiger partial charge in [-0.1, -0.05) is 0 Å². The van der Waals surface area contributed by atoms with E-state index in [9.17, 15) is 4.79 Å². The van der Waals surface area contributed by atoms with Crippen molar-refractivity contribution >= 4 is 6.29 Å². The van der Waals surface area contributed by atoms with E-state index >= 15 is 0 Å². The third-order valence-corrected chi connectivity index (χ3v) is 1.42. The molecule has 7 nitrogen and oxygen atoms in total. The summed E-state index contributed by atoms with van der Waals surface area (Å²) < 4.78 is 0. The summed E-state index contributed by atoms with van der Waals surface area (Å²) in [5.74, 6) is 0. The fraction of sp³-hybridized carbons (Fsp3) is 0.833. The van der Waals surface area contributed by atoms with Crippen LogP contribution in [0.3, 0.4) is 0 Å². The third-order valence-electron chi connectivity index (χ3n) is 1.42. The molecule has 0 aliphatic rings. The zero-order valence-electron chi connectivity index (χ0n) is 8.65. The van der Waals surface area contributed by atoms with Crippen LogP contribution in [0.4, 0.5) is 0 Å².